The molecule has 6 heteroatoms. The van der Waals surface area contributed by atoms with Crippen LogP contribution in [0.2, 0.25) is 0 Å². The Morgan fingerprint density at radius 1 is 1.06 bits per heavy atom. The number of H-pyrrole nitrogens is 1. The van der Waals surface area contributed by atoms with Crippen molar-refractivity contribution in [2.75, 3.05) is 14.2 Å². The summed E-state index contributed by atoms with van der Waals surface area (Å²) in [5, 5.41) is 0. The molecule has 1 amide bonds. The Morgan fingerprint density at radius 2 is 1.79 bits per heavy atom. The number of nitrogens with one attached hydrogen (secondary N) is 1. The minimum Gasteiger partial charge on any atom is -0.493 e. The van der Waals surface area contributed by atoms with Crippen LogP contribution in [-0.4, -0.2) is 35.7 Å². The molecule has 1 N–H and O–H groups in total. The number of hydrogen-bond donors (Lipinski definition) is 1. The number of rotatable bonds is 7. The Hall–Kier alpha value is -3.54. The van der Waals surface area contributed by atoms with Crippen LogP contribution in [0, 0.1) is 12.3 Å². The van der Waals surface area contributed by atoms with Gasteiger partial charge in [-0.3, -0.25) is 9.59 Å². The molecule has 0 spiro atoms. The van der Waals surface area contributed by atoms with Crippen LogP contribution in [0.5, 0.6) is 11.5 Å². The molecule has 1 aromatic heterocycles. The van der Waals surface area contributed by atoms with E-state index >= 15 is 0 Å². The quantitative estimate of drug-likeness (QED) is 0.517. The lowest BCUT2D eigenvalue weighted by molar-refractivity contribution is 0.0778. The molecule has 0 atom stereocenters. The summed E-state index contributed by atoms with van der Waals surface area (Å²) in [4.78, 5) is 30.9. The number of fused-ring (bicyclic) bond motifs is 1. The predicted molar refractivity (Wildman–Crippen MR) is 132 cm³/mol. The first-order valence-corrected chi connectivity index (χ1v) is 11.5. The van der Waals surface area contributed by atoms with Crippen LogP contribution in [0.25, 0.3) is 0 Å². The summed E-state index contributed by atoms with van der Waals surface area (Å²) in [6, 6.07) is 15.6. The number of carbonyl (C=O) groups is 2. The Kier molecular flexibility index (Phi) is 6.51. The smallest absolute Gasteiger partial charge is 0.270 e. The number of ketones is 1. The van der Waals surface area contributed by atoms with Gasteiger partial charge in [0.25, 0.3) is 5.91 Å². The van der Waals surface area contributed by atoms with E-state index in [1.165, 1.54) is 0 Å². The zero-order chi connectivity index (χ0) is 24.5. The maximum Gasteiger partial charge on any atom is 0.270 e. The van der Waals surface area contributed by atoms with Crippen LogP contribution >= 0.6 is 0 Å². The first kappa shape index (κ1) is 23.6. The van der Waals surface area contributed by atoms with Crippen molar-refractivity contribution in [2.24, 2.45) is 5.41 Å². The maximum atomic E-state index is 13.3. The van der Waals surface area contributed by atoms with Crippen molar-refractivity contribution in [1.82, 2.24) is 9.88 Å². The van der Waals surface area contributed by atoms with Gasteiger partial charge >= 0.3 is 0 Å². The minimum atomic E-state index is -0.138. The van der Waals surface area contributed by atoms with Crippen molar-refractivity contribution in [3.63, 3.8) is 0 Å². The molecular formula is C28H32N2O4. The molecule has 1 aliphatic rings. The fourth-order valence-electron chi connectivity index (χ4n) is 4.65. The third-order valence-corrected chi connectivity index (χ3v) is 6.35. The van der Waals surface area contributed by atoms with E-state index in [2.05, 4.69) is 18.8 Å². The van der Waals surface area contributed by atoms with Crippen molar-refractivity contribution < 1.29 is 19.1 Å². The van der Waals surface area contributed by atoms with E-state index in [1.807, 2.05) is 55.5 Å². The molecule has 0 saturated carbocycles. The SMILES string of the molecule is COc1cc(CN(C)C(=O)c2[nH]c3c(c2C)C(=O)CC(C)(C)C3)ccc1OCc1ccccc1. The summed E-state index contributed by atoms with van der Waals surface area (Å²) in [6.07, 6.45) is 1.26. The second-order valence-electron chi connectivity index (χ2n) is 9.84. The molecule has 0 fully saturated rings. The number of methoxy groups -OCH3 is 1. The fourth-order valence-corrected chi connectivity index (χ4v) is 4.65. The van der Waals surface area contributed by atoms with Gasteiger partial charge in [-0.05, 0) is 47.6 Å². The summed E-state index contributed by atoms with van der Waals surface area (Å²) in [5.74, 6) is 1.24. The van der Waals surface area contributed by atoms with Gasteiger partial charge in [0.15, 0.2) is 17.3 Å². The third kappa shape index (κ3) is 4.86. The second-order valence-corrected chi connectivity index (χ2v) is 9.84. The third-order valence-electron chi connectivity index (χ3n) is 6.35. The molecule has 4 rings (SSSR count). The number of aromatic nitrogens is 1. The Morgan fingerprint density at radius 3 is 2.50 bits per heavy atom. The molecule has 0 bridgehead atoms. The maximum absolute atomic E-state index is 13.3. The van der Waals surface area contributed by atoms with Gasteiger partial charge in [-0.1, -0.05) is 50.2 Å². The number of benzene rings is 2. The summed E-state index contributed by atoms with van der Waals surface area (Å²) >= 11 is 0. The largest absolute Gasteiger partial charge is 0.493 e. The van der Waals surface area contributed by atoms with E-state index in [4.69, 9.17) is 9.47 Å². The number of carbonyl (C=O) groups excluding carboxylic acids is 2. The van der Waals surface area contributed by atoms with Gasteiger partial charge < -0.3 is 19.4 Å². The molecule has 34 heavy (non-hydrogen) atoms. The van der Waals surface area contributed by atoms with Crippen LogP contribution in [0.15, 0.2) is 48.5 Å². The summed E-state index contributed by atoms with van der Waals surface area (Å²) in [7, 11) is 3.37. The number of ether oxygens (including phenoxy) is 2. The molecule has 0 unspecified atom stereocenters. The molecule has 0 aliphatic heterocycles. The van der Waals surface area contributed by atoms with Crippen LogP contribution in [-0.2, 0) is 19.6 Å². The van der Waals surface area contributed by atoms with Crippen molar-refractivity contribution in [1.29, 1.82) is 0 Å². The van der Waals surface area contributed by atoms with Gasteiger partial charge in [-0.15, -0.1) is 0 Å². The first-order valence-electron chi connectivity index (χ1n) is 11.5. The van der Waals surface area contributed by atoms with Crippen molar-refractivity contribution in [2.45, 2.75) is 46.8 Å². The van der Waals surface area contributed by atoms with Crippen molar-refractivity contribution in [3.8, 4) is 11.5 Å². The molecule has 2 aromatic carbocycles. The zero-order valence-electron chi connectivity index (χ0n) is 20.5. The molecule has 0 radical (unpaired) electrons. The zero-order valence-corrected chi connectivity index (χ0v) is 20.5. The highest BCUT2D eigenvalue weighted by atomic mass is 16.5. The van der Waals surface area contributed by atoms with Gasteiger partial charge in [0.1, 0.15) is 12.3 Å². The summed E-state index contributed by atoms with van der Waals surface area (Å²) in [5.41, 5.74) is 4.70. The topological polar surface area (TPSA) is 71.6 Å². The highest BCUT2D eigenvalue weighted by Gasteiger charge is 2.35. The van der Waals surface area contributed by atoms with E-state index < -0.39 is 0 Å². The van der Waals surface area contributed by atoms with Gasteiger partial charge in [0.05, 0.1) is 7.11 Å². The summed E-state index contributed by atoms with van der Waals surface area (Å²) < 4.78 is 11.5. The van der Waals surface area contributed by atoms with E-state index in [-0.39, 0.29) is 17.1 Å². The van der Waals surface area contributed by atoms with Crippen molar-refractivity contribution in [3.05, 3.63) is 82.2 Å². The Labute approximate surface area is 200 Å². The van der Waals surface area contributed by atoms with Gasteiger partial charge in [0.2, 0.25) is 0 Å². The molecule has 3 aromatic rings. The van der Waals surface area contributed by atoms with Crippen LogP contribution in [0.3, 0.4) is 0 Å². The molecule has 1 heterocycles. The standard InChI is InChI=1S/C28H32N2O4/c1-18-25-21(14-28(2,3)15-22(25)31)29-26(18)27(32)30(4)16-20-11-12-23(24(13-20)33-5)34-17-19-9-7-6-8-10-19/h6-13,29H,14-17H2,1-5H3. The Bertz CT molecular complexity index is 1210. The van der Waals surface area contributed by atoms with E-state index in [0.29, 0.717) is 42.3 Å². The molecule has 0 saturated heterocycles. The van der Waals surface area contributed by atoms with E-state index in [0.717, 1.165) is 28.8 Å². The first-order chi connectivity index (χ1) is 16.2. The lowest BCUT2D eigenvalue weighted by atomic mass is 9.75. The highest BCUT2D eigenvalue weighted by molar-refractivity contribution is 6.04. The second kappa shape index (κ2) is 9.37. The molecule has 6 nitrogen and oxygen atoms in total. The minimum absolute atomic E-state index is 0.103. The number of aromatic amines is 1. The molecular weight excluding hydrogens is 428 g/mol. The molecule has 1 aliphatic carbocycles. The van der Waals surface area contributed by atoms with Crippen LogP contribution < -0.4 is 9.47 Å². The number of nitrogens with zero attached hydrogens (tertiary/aromatic N) is 1. The Balaban J connectivity index is 1.48. The lowest BCUT2D eigenvalue weighted by Crippen LogP contribution is -2.27. The lowest BCUT2D eigenvalue weighted by Gasteiger charge is -2.28. The highest BCUT2D eigenvalue weighted by Crippen LogP contribution is 2.37. The fraction of sp³-hybridized carbons (Fsp3) is 0.357. The van der Waals surface area contributed by atoms with E-state index in [1.54, 1.807) is 19.1 Å². The van der Waals surface area contributed by atoms with Gasteiger partial charge in [-0.25, -0.2) is 0 Å². The predicted octanol–water partition coefficient (Wildman–Crippen LogP) is 5.34. The average molecular weight is 461 g/mol. The van der Waals surface area contributed by atoms with Crippen LogP contribution in [0.1, 0.15) is 63.5 Å². The van der Waals surface area contributed by atoms with Gasteiger partial charge in [0, 0.05) is 31.3 Å². The number of hydrogen-bond acceptors (Lipinski definition) is 4. The van der Waals surface area contributed by atoms with E-state index in [9.17, 15) is 9.59 Å². The monoisotopic (exact) mass is 460 g/mol. The normalized spacial score (nSPS) is 14.4. The van der Waals surface area contributed by atoms with Crippen LogP contribution in [0.4, 0.5) is 0 Å². The number of amides is 1. The number of Topliss-reactive ketones (excluding diaryl/α,β-unsaturated/α-hetero) is 1. The average Bonchev–Trinajstić information content (AvgIpc) is 3.13. The van der Waals surface area contributed by atoms with Crippen molar-refractivity contribution >= 4 is 11.7 Å². The van der Waals surface area contributed by atoms with Gasteiger partial charge in [-0.2, -0.15) is 0 Å². The summed E-state index contributed by atoms with van der Waals surface area (Å²) in [6.45, 7) is 6.86. The molecule has 178 valence electrons.